The smallest absolute Gasteiger partial charge is 0.0541 e. The van der Waals surface area contributed by atoms with Gasteiger partial charge in [0.2, 0.25) is 0 Å². The van der Waals surface area contributed by atoms with Crippen LogP contribution in [0.15, 0.2) is 255 Å². The minimum atomic E-state index is 0.457. The fourth-order valence-corrected chi connectivity index (χ4v) is 16.9. The molecular formula is C74H54N2. The first-order chi connectivity index (χ1) is 37.6. The Hall–Kier alpha value is -8.72. The van der Waals surface area contributed by atoms with Crippen molar-refractivity contribution in [1.29, 1.82) is 0 Å². The molecule has 5 aliphatic carbocycles. The Morgan fingerprint density at radius 1 is 0.368 bits per heavy atom. The summed E-state index contributed by atoms with van der Waals surface area (Å²) in [5, 5.41) is 5.00. The van der Waals surface area contributed by atoms with Gasteiger partial charge in [0.1, 0.15) is 0 Å². The Balaban J connectivity index is 0.787. The molecule has 2 heteroatoms. The third kappa shape index (κ3) is 5.71. The molecule has 3 atom stereocenters. The number of rotatable bonds is 9. The number of fused-ring (bicyclic) bond motifs is 7. The summed E-state index contributed by atoms with van der Waals surface area (Å²) in [7, 11) is 0. The maximum Gasteiger partial charge on any atom is 0.0541 e. The summed E-state index contributed by atoms with van der Waals surface area (Å²) < 4.78 is 2.39. The van der Waals surface area contributed by atoms with Crippen molar-refractivity contribution in [2.24, 2.45) is 28.6 Å². The highest BCUT2D eigenvalue weighted by Gasteiger charge is 2.89. The number of benzene rings is 11. The Labute approximate surface area is 444 Å². The Bertz CT molecular complexity index is 4290. The van der Waals surface area contributed by atoms with Gasteiger partial charge in [0.25, 0.3) is 0 Å². The molecule has 0 saturated heterocycles. The zero-order valence-corrected chi connectivity index (χ0v) is 42.3. The van der Waals surface area contributed by atoms with Crippen LogP contribution >= 0.6 is 0 Å². The van der Waals surface area contributed by atoms with E-state index in [2.05, 4.69) is 264 Å². The molecule has 5 aliphatic rings. The van der Waals surface area contributed by atoms with Gasteiger partial charge in [-0.3, -0.25) is 0 Å². The average Bonchev–Trinajstić information content (AvgIpc) is 2.97. The van der Waals surface area contributed by atoms with Crippen molar-refractivity contribution >= 4 is 49.6 Å². The SMILES string of the molecule is c1ccc(-c2cccc3cccc(-c4ccccc4N(c4ccc(-c5ccc6c(c5)C(C57CC8CC9CC(C5)C987)c5ccccc5-6)cc4)c4ccc(-c5ccc6c(c5)c5ccccc5n6-c5ccccc5)cc4)c23)cc1. The predicted molar refractivity (Wildman–Crippen MR) is 316 cm³/mol. The van der Waals surface area contributed by atoms with E-state index in [0.717, 1.165) is 34.8 Å². The van der Waals surface area contributed by atoms with Crippen molar-refractivity contribution in [3.05, 3.63) is 266 Å². The second-order valence-corrected chi connectivity index (χ2v) is 22.8. The largest absolute Gasteiger partial charge is 0.310 e. The Morgan fingerprint density at radius 2 is 0.934 bits per heavy atom. The molecule has 0 radical (unpaired) electrons. The van der Waals surface area contributed by atoms with Gasteiger partial charge in [0.05, 0.1) is 16.7 Å². The quantitative estimate of drug-likeness (QED) is 0.140. The maximum absolute atomic E-state index is 2.60. The number of para-hydroxylation sites is 3. The molecule has 4 fully saturated rings. The first-order valence-corrected chi connectivity index (χ1v) is 27.6. The number of nitrogens with zero attached hydrogens (tertiary/aromatic N) is 2. The van der Waals surface area contributed by atoms with Crippen LogP contribution in [0.25, 0.3) is 93.9 Å². The summed E-state index contributed by atoms with van der Waals surface area (Å²) in [4.78, 5) is 2.48. The molecule has 12 aromatic rings. The van der Waals surface area contributed by atoms with Crippen LogP contribution in [0, 0.1) is 28.6 Å². The van der Waals surface area contributed by atoms with E-state index in [0.29, 0.717) is 16.7 Å². The topological polar surface area (TPSA) is 8.17 Å². The van der Waals surface area contributed by atoms with Crippen LogP contribution in [0.1, 0.15) is 42.7 Å². The Kier molecular flexibility index (Phi) is 8.92. The van der Waals surface area contributed by atoms with E-state index in [1.54, 1.807) is 11.1 Å². The first kappa shape index (κ1) is 42.6. The maximum atomic E-state index is 2.60. The minimum Gasteiger partial charge on any atom is -0.310 e. The molecule has 76 heavy (non-hydrogen) atoms. The normalized spacial score (nSPS) is 22.1. The van der Waals surface area contributed by atoms with Gasteiger partial charge >= 0.3 is 0 Å². The molecule has 0 aliphatic heterocycles. The molecule has 0 amide bonds. The van der Waals surface area contributed by atoms with Crippen molar-refractivity contribution in [1.82, 2.24) is 4.57 Å². The van der Waals surface area contributed by atoms with Crippen LogP contribution in [0.2, 0.25) is 0 Å². The van der Waals surface area contributed by atoms with E-state index in [1.807, 2.05) is 0 Å². The molecule has 1 heterocycles. The summed E-state index contributed by atoms with van der Waals surface area (Å²) in [5.41, 5.74) is 24.0. The lowest BCUT2D eigenvalue weighted by molar-refractivity contribution is -0.435. The highest BCUT2D eigenvalue weighted by Crippen LogP contribution is 2.96. The molecule has 360 valence electrons. The molecule has 4 saturated carbocycles. The van der Waals surface area contributed by atoms with Gasteiger partial charge in [-0.15, -0.1) is 0 Å². The molecule has 3 unspecified atom stereocenters. The van der Waals surface area contributed by atoms with Gasteiger partial charge in [-0.1, -0.05) is 188 Å². The van der Waals surface area contributed by atoms with E-state index in [4.69, 9.17) is 0 Å². The standard InChI is InChI=1S/C74H54N2/c1-3-15-49(16-4-1)59-25-13-17-50-18-14-26-64(71(50)59)62-22-9-11-27-68(62)75(58-37-31-48(32-38-58)52-34-40-70-66(41-52)63-23-10-12-28-69(63)76(70)56-19-5-2-6-20-56)57-35-29-47(30-36-57)51-33-39-61-60-21-7-8-24-65(60)72(67(61)42-51)73-45-54-43-53-44-55(46-73)74(53,54)73/h1-42,53-55,72H,43-46H2. The molecule has 0 N–H and O–H groups in total. The second kappa shape index (κ2) is 15.9. The molecule has 1 spiro atoms. The van der Waals surface area contributed by atoms with E-state index >= 15 is 0 Å². The van der Waals surface area contributed by atoms with Crippen LogP contribution in [0.3, 0.4) is 0 Å². The van der Waals surface area contributed by atoms with E-state index in [1.165, 1.54) is 120 Å². The van der Waals surface area contributed by atoms with Crippen molar-refractivity contribution in [3.63, 3.8) is 0 Å². The van der Waals surface area contributed by atoms with Crippen molar-refractivity contribution in [3.8, 4) is 61.3 Å². The monoisotopic (exact) mass is 970 g/mol. The van der Waals surface area contributed by atoms with Crippen molar-refractivity contribution in [2.75, 3.05) is 4.90 Å². The molecule has 2 nitrogen and oxygen atoms in total. The van der Waals surface area contributed by atoms with E-state index < -0.39 is 0 Å². The van der Waals surface area contributed by atoms with Crippen LogP contribution in [0.4, 0.5) is 17.1 Å². The summed E-state index contributed by atoms with van der Waals surface area (Å²) in [6.45, 7) is 0. The molecule has 17 rings (SSSR count). The third-order valence-corrected chi connectivity index (χ3v) is 19.8. The van der Waals surface area contributed by atoms with Gasteiger partial charge in [-0.25, -0.2) is 0 Å². The van der Waals surface area contributed by atoms with Crippen LogP contribution < -0.4 is 4.90 Å². The van der Waals surface area contributed by atoms with Gasteiger partial charge in [-0.05, 0) is 193 Å². The molecule has 0 bridgehead atoms. The highest BCUT2D eigenvalue weighted by molar-refractivity contribution is 6.11. The van der Waals surface area contributed by atoms with E-state index in [9.17, 15) is 0 Å². The van der Waals surface area contributed by atoms with Crippen LogP contribution in [-0.4, -0.2) is 4.57 Å². The number of anilines is 3. The zero-order valence-electron chi connectivity index (χ0n) is 42.3. The number of hydrogen-bond donors (Lipinski definition) is 0. The van der Waals surface area contributed by atoms with Gasteiger partial charge < -0.3 is 9.47 Å². The number of hydrogen-bond acceptors (Lipinski definition) is 1. The predicted octanol–water partition coefficient (Wildman–Crippen LogP) is 19.6. The minimum absolute atomic E-state index is 0.457. The summed E-state index contributed by atoms with van der Waals surface area (Å²) in [6, 6.07) is 95.4. The lowest BCUT2D eigenvalue weighted by Gasteiger charge is -2.92. The van der Waals surface area contributed by atoms with Gasteiger partial charge in [0, 0.05) is 39.3 Å². The van der Waals surface area contributed by atoms with Gasteiger partial charge in [-0.2, -0.15) is 0 Å². The van der Waals surface area contributed by atoms with Gasteiger partial charge in [0.15, 0.2) is 0 Å². The molecular weight excluding hydrogens is 917 g/mol. The highest BCUT2D eigenvalue weighted by atomic mass is 15.1. The van der Waals surface area contributed by atoms with Crippen LogP contribution in [-0.2, 0) is 0 Å². The second-order valence-electron chi connectivity index (χ2n) is 22.8. The third-order valence-electron chi connectivity index (χ3n) is 19.8. The fraction of sp³-hybridized carbons (Fsp3) is 0.135. The lowest BCUT2D eigenvalue weighted by atomic mass is 9.11. The zero-order chi connectivity index (χ0) is 49.7. The summed E-state index contributed by atoms with van der Waals surface area (Å²) in [5.74, 6) is 3.46. The van der Waals surface area contributed by atoms with Crippen molar-refractivity contribution in [2.45, 2.75) is 31.6 Å². The Morgan fingerprint density at radius 3 is 1.66 bits per heavy atom. The number of aromatic nitrogens is 1. The van der Waals surface area contributed by atoms with E-state index in [-0.39, 0.29) is 0 Å². The van der Waals surface area contributed by atoms with Crippen LogP contribution in [0.5, 0.6) is 0 Å². The summed E-state index contributed by atoms with van der Waals surface area (Å²) in [6.07, 6.45) is 5.84. The first-order valence-electron chi connectivity index (χ1n) is 27.6. The fourth-order valence-electron chi connectivity index (χ4n) is 16.9. The average molecular weight is 971 g/mol. The lowest BCUT2D eigenvalue weighted by Crippen LogP contribution is -2.86. The molecule has 11 aromatic carbocycles. The van der Waals surface area contributed by atoms with Crippen molar-refractivity contribution < 1.29 is 0 Å². The molecule has 1 aromatic heterocycles. The summed E-state index contributed by atoms with van der Waals surface area (Å²) >= 11 is 0.